The zero-order chi connectivity index (χ0) is 13.7. The minimum atomic E-state index is 0.820. The molecule has 19 heavy (non-hydrogen) atoms. The number of nitrogens with zero attached hydrogens (tertiary/aromatic N) is 1. The van der Waals surface area contributed by atoms with Crippen LogP contribution in [0.3, 0.4) is 0 Å². The molecule has 2 nitrogen and oxygen atoms in total. The van der Waals surface area contributed by atoms with E-state index in [9.17, 15) is 0 Å². The van der Waals surface area contributed by atoms with Crippen LogP contribution in [0.5, 0.6) is 0 Å². The third-order valence-corrected chi connectivity index (χ3v) is 4.53. The van der Waals surface area contributed by atoms with Crippen LogP contribution < -0.4 is 10.2 Å². The molecule has 1 heterocycles. The maximum Gasteiger partial charge on any atom is 0.0363 e. The molecule has 1 aliphatic rings. The normalized spacial score (nSPS) is 21.1. The van der Waals surface area contributed by atoms with Crippen LogP contribution in [0.2, 0.25) is 0 Å². The summed E-state index contributed by atoms with van der Waals surface area (Å²) in [5.41, 5.74) is 2.67. The summed E-state index contributed by atoms with van der Waals surface area (Å²) in [4.78, 5) is 2.38. The highest BCUT2D eigenvalue weighted by Crippen LogP contribution is 2.23. The first-order chi connectivity index (χ1) is 9.16. The van der Waals surface area contributed by atoms with Crippen LogP contribution in [0.25, 0.3) is 0 Å². The van der Waals surface area contributed by atoms with Gasteiger partial charge in [-0.05, 0) is 63.2 Å². The molecule has 0 aliphatic carbocycles. The lowest BCUT2D eigenvalue weighted by atomic mass is 9.85. The van der Waals surface area contributed by atoms with Crippen molar-refractivity contribution in [2.45, 2.75) is 33.1 Å². The second-order valence-corrected chi connectivity index (χ2v) is 6.13. The lowest BCUT2D eigenvalue weighted by Crippen LogP contribution is -2.34. The average Bonchev–Trinajstić information content (AvgIpc) is 2.46. The predicted octanol–water partition coefficient (Wildman–Crippen LogP) is 3.46. The van der Waals surface area contributed by atoms with E-state index < -0.39 is 0 Å². The SMILES string of the molecule is Cc1ccc(N(C)CCC(C)C2CCCNC2)cc1. The van der Waals surface area contributed by atoms with Gasteiger partial charge in [0.2, 0.25) is 0 Å². The molecule has 1 aromatic carbocycles. The van der Waals surface area contributed by atoms with E-state index >= 15 is 0 Å². The molecule has 2 unspecified atom stereocenters. The smallest absolute Gasteiger partial charge is 0.0363 e. The van der Waals surface area contributed by atoms with Crippen LogP contribution in [0.4, 0.5) is 5.69 Å². The van der Waals surface area contributed by atoms with Crippen molar-refractivity contribution >= 4 is 5.69 Å². The van der Waals surface area contributed by atoms with E-state index in [-0.39, 0.29) is 0 Å². The van der Waals surface area contributed by atoms with Gasteiger partial charge < -0.3 is 10.2 Å². The minimum absolute atomic E-state index is 0.820. The first kappa shape index (κ1) is 14.4. The fraction of sp³-hybridized carbons (Fsp3) is 0.647. The predicted molar refractivity (Wildman–Crippen MR) is 83.8 cm³/mol. The summed E-state index contributed by atoms with van der Waals surface area (Å²) in [6, 6.07) is 8.84. The number of anilines is 1. The van der Waals surface area contributed by atoms with Crippen molar-refractivity contribution in [3.05, 3.63) is 29.8 Å². The molecule has 0 spiro atoms. The monoisotopic (exact) mass is 260 g/mol. The molecular formula is C17H28N2. The number of benzene rings is 1. The lowest BCUT2D eigenvalue weighted by molar-refractivity contribution is 0.270. The second-order valence-electron chi connectivity index (χ2n) is 6.13. The van der Waals surface area contributed by atoms with E-state index in [1.54, 1.807) is 0 Å². The van der Waals surface area contributed by atoms with Crippen LogP contribution in [0.1, 0.15) is 31.7 Å². The quantitative estimate of drug-likeness (QED) is 0.872. The first-order valence-corrected chi connectivity index (χ1v) is 7.65. The van der Waals surface area contributed by atoms with E-state index in [1.807, 2.05) is 0 Å². The molecule has 0 bridgehead atoms. The van der Waals surface area contributed by atoms with Gasteiger partial charge in [0.15, 0.2) is 0 Å². The summed E-state index contributed by atoms with van der Waals surface area (Å²) in [5.74, 6) is 1.70. The Balaban J connectivity index is 1.79. The molecule has 1 saturated heterocycles. The van der Waals surface area contributed by atoms with Gasteiger partial charge in [-0.2, -0.15) is 0 Å². The molecule has 1 aromatic rings. The zero-order valence-corrected chi connectivity index (χ0v) is 12.7. The highest BCUT2D eigenvalue weighted by atomic mass is 15.1. The Morgan fingerprint density at radius 2 is 2.05 bits per heavy atom. The number of rotatable bonds is 5. The number of hydrogen-bond donors (Lipinski definition) is 1. The Labute approximate surface area is 118 Å². The summed E-state index contributed by atoms with van der Waals surface area (Å²) < 4.78 is 0. The Morgan fingerprint density at radius 3 is 2.68 bits per heavy atom. The van der Waals surface area contributed by atoms with E-state index in [0.717, 1.165) is 18.4 Å². The van der Waals surface area contributed by atoms with Crippen molar-refractivity contribution in [1.29, 1.82) is 0 Å². The third kappa shape index (κ3) is 4.24. The molecule has 1 aliphatic heterocycles. The van der Waals surface area contributed by atoms with Gasteiger partial charge in [-0.25, -0.2) is 0 Å². The summed E-state index contributed by atoms with van der Waals surface area (Å²) in [5, 5.41) is 3.53. The van der Waals surface area contributed by atoms with Gasteiger partial charge in [0.05, 0.1) is 0 Å². The molecular weight excluding hydrogens is 232 g/mol. The van der Waals surface area contributed by atoms with Crippen molar-refractivity contribution in [2.75, 3.05) is 31.6 Å². The first-order valence-electron chi connectivity index (χ1n) is 7.65. The van der Waals surface area contributed by atoms with Crippen molar-refractivity contribution in [2.24, 2.45) is 11.8 Å². The van der Waals surface area contributed by atoms with Gasteiger partial charge in [-0.1, -0.05) is 24.6 Å². The maximum absolute atomic E-state index is 3.53. The van der Waals surface area contributed by atoms with Crippen molar-refractivity contribution in [3.63, 3.8) is 0 Å². The molecule has 0 radical (unpaired) electrons. The van der Waals surface area contributed by atoms with Gasteiger partial charge in [0.25, 0.3) is 0 Å². The topological polar surface area (TPSA) is 15.3 Å². The highest BCUT2D eigenvalue weighted by Gasteiger charge is 2.19. The molecule has 0 saturated carbocycles. The van der Waals surface area contributed by atoms with E-state index in [4.69, 9.17) is 0 Å². The third-order valence-electron chi connectivity index (χ3n) is 4.53. The van der Waals surface area contributed by atoms with E-state index in [0.29, 0.717) is 0 Å². The minimum Gasteiger partial charge on any atom is -0.375 e. The number of aryl methyl sites for hydroxylation is 1. The summed E-state index contributed by atoms with van der Waals surface area (Å²) in [7, 11) is 2.20. The summed E-state index contributed by atoms with van der Waals surface area (Å²) in [6.07, 6.45) is 4.04. The lowest BCUT2D eigenvalue weighted by Gasteiger charge is -2.30. The van der Waals surface area contributed by atoms with E-state index in [2.05, 4.69) is 55.4 Å². The molecule has 2 atom stereocenters. The van der Waals surface area contributed by atoms with Crippen LogP contribution >= 0.6 is 0 Å². The average molecular weight is 260 g/mol. The maximum atomic E-state index is 3.53. The number of nitrogens with one attached hydrogen (secondary N) is 1. The number of piperidine rings is 1. The fourth-order valence-corrected chi connectivity index (χ4v) is 2.93. The van der Waals surface area contributed by atoms with Crippen LogP contribution in [0, 0.1) is 18.8 Å². The fourth-order valence-electron chi connectivity index (χ4n) is 2.93. The van der Waals surface area contributed by atoms with Gasteiger partial charge in [0, 0.05) is 19.3 Å². The van der Waals surface area contributed by atoms with Gasteiger partial charge >= 0.3 is 0 Å². The Bertz CT molecular complexity index is 365. The molecule has 106 valence electrons. The van der Waals surface area contributed by atoms with Crippen LogP contribution in [0.15, 0.2) is 24.3 Å². The summed E-state index contributed by atoms with van der Waals surface area (Å²) >= 11 is 0. The van der Waals surface area contributed by atoms with Gasteiger partial charge in [-0.3, -0.25) is 0 Å². The molecule has 0 aromatic heterocycles. The van der Waals surface area contributed by atoms with Crippen LogP contribution in [-0.2, 0) is 0 Å². The highest BCUT2D eigenvalue weighted by molar-refractivity contribution is 5.46. The molecule has 1 N–H and O–H groups in total. The Morgan fingerprint density at radius 1 is 1.32 bits per heavy atom. The number of hydrogen-bond acceptors (Lipinski definition) is 2. The Hall–Kier alpha value is -1.02. The van der Waals surface area contributed by atoms with Gasteiger partial charge in [0.1, 0.15) is 0 Å². The Kier molecular flexibility index (Phi) is 5.26. The van der Waals surface area contributed by atoms with E-state index in [1.165, 1.54) is 43.6 Å². The van der Waals surface area contributed by atoms with Crippen molar-refractivity contribution in [3.8, 4) is 0 Å². The van der Waals surface area contributed by atoms with Crippen molar-refractivity contribution in [1.82, 2.24) is 5.32 Å². The standard InChI is InChI=1S/C17H28N2/c1-14-6-8-17(9-7-14)19(3)12-10-15(2)16-5-4-11-18-13-16/h6-9,15-16,18H,4-5,10-13H2,1-3H3. The molecule has 1 fully saturated rings. The van der Waals surface area contributed by atoms with Gasteiger partial charge in [-0.15, -0.1) is 0 Å². The summed E-state index contributed by atoms with van der Waals surface area (Å²) in [6.45, 7) is 8.14. The second kappa shape index (κ2) is 6.95. The zero-order valence-electron chi connectivity index (χ0n) is 12.7. The van der Waals surface area contributed by atoms with Crippen LogP contribution in [-0.4, -0.2) is 26.7 Å². The molecule has 0 amide bonds. The largest absolute Gasteiger partial charge is 0.375 e. The molecule has 2 rings (SSSR count). The molecule has 2 heteroatoms. The van der Waals surface area contributed by atoms with Crippen molar-refractivity contribution < 1.29 is 0 Å².